The molecule has 3 aromatic carbocycles. The monoisotopic (exact) mass is 473 g/mol. The van der Waals surface area contributed by atoms with Gasteiger partial charge in [-0.15, -0.1) is 13.2 Å². The summed E-state index contributed by atoms with van der Waals surface area (Å²) in [4.78, 5) is 3.41. The molecule has 0 fully saturated rings. The second kappa shape index (κ2) is 8.89. The van der Waals surface area contributed by atoms with E-state index in [1.807, 2.05) is 42.4 Å². The zero-order chi connectivity index (χ0) is 23.8. The Balaban J connectivity index is 1.66. The number of nitrogens with zero attached hydrogens (tertiary/aromatic N) is 1. The molecule has 0 saturated carbocycles. The van der Waals surface area contributed by atoms with E-state index in [2.05, 4.69) is 21.9 Å². The Morgan fingerprint density at radius 3 is 2.09 bits per heavy atom. The minimum atomic E-state index is -4.71. The van der Waals surface area contributed by atoms with Gasteiger partial charge in [-0.3, -0.25) is 0 Å². The van der Waals surface area contributed by atoms with Gasteiger partial charge in [-0.2, -0.15) is 4.99 Å². The van der Waals surface area contributed by atoms with Crippen molar-refractivity contribution in [3.05, 3.63) is 83.6 Å². The van der Waals surface area contributed by atoms with E-state index in [9.17, 15) is 22.0 Å². The second-order valence-corrected chi connectivity index (χ2v) is 7.86. The normalized spacial score (nSPS) is 16.1. The van der Waals surface area contributed by atoms with Gasteiger partial charge in [0.25, 0.3) is 0 Å². The van der Waals surface area contributed by atoms with Crippen molar-refractivity contribution in [2.24, 2.45) is 10.9 Å². The molecule has 0 spiro atoms. The van der Waals surface area contributed by atoms with Gasteiger partial charge < -0.3 is 4.74 Å². The topological polar surface area (TPSA) is 21.6 Å². The molecule has 168 valence electrons. The third-order valence-corrected chi connectivity index (χ3v) is 5.51. The maximum atomic E-state index is 14.2. The largest absolute Gasteiger partial charge is 0.572 e. The molecule has 0 bridgehead atoms. The van der Waals surface area contributed by atoms with E-state index < -0.39 is 23.7 Å². The van der Waals surface area contributed by atoms with E-state index in [0.717, 1.165) is 21.9 Å². The van der Waals surface area contributed by atoms with Crippen molar-refractivity contribution in [2.45, 2.75) is 19.7 Å². The first-order valence-corrected chi connectivity index (χ1v) is 10.3. The third kappa shape index (κ3) is 5.02. The van der Waals surface area contributed by atoms with Crippen molar-refractivity contribution in [3.8, 4) is 11.1 Å². The van der Waals surface area contributed by atoms with Gasteiger partial charge in [0.15, 0.2) is 11.6 Å². The summed E-state index contributed by atoms with van der Waals surface area (Å²) in [7, 11) is 0. The zero-order valence-corrected chi connectivity index (χ0v) is 18.0. The molecule has 0 amide bonds. The summed E-state index contributed by atoms with van der Waals surface area (Å²) in [6.45, 7) is 1.84. The molecular formula is C25H16F5NOS. The van der Waals surface area contributed by atoms with Crippen LogP contribution in [0.4, 0.5) is 27.6 Å². The molecule has 8 heteroatoms. The Morgan fingerprint density at radius 2 is 1.52 bits per heavy atom. The maximum absolute atomic E-state index is 14.2. The highest BCUT2D eigenvalue weighted by molar-refractivity contribution is 7.78. The van der Waals surface area contributed by atoms with Crippen molar-refractivity contribution < 1.29 is 26.7 Å². The van der Waals surface area contributed by atoms with Crippen LogP contribution in [0.5, 0.6) is 0 Å². The van der Waals surface area contributed by atoms with Crippen LogP contribution in [0.15, 0.2) is 71.4 Å². The highest BCUT2D eigenvalue weighted by Gasteiger charge is 2.33. The number of aliphatic imine (C=N–C) groups is 1. The van der Waals surface area contributed by atoms with E-state index in [0.29, 0.717) is 11.1 Å². The smallest absolute Gasteiger partial charge is 0.410 e. The number of fused-ring (bicyclic) bond motifs is 1. The van der Waals surface area contributed by atoms with E-state index in [4.69, 9.17) is 0 Å². The summed E-state index contributed by atoms with van der Waals surface area (Å²) in [6.07, 6.45) is -1.58. The van der Waals surface area contributed by atoms with Crippen LogP contribution >= 0.6 is 12.2 Å². The molecule has 1 atom stereocenters. The molecule has 2 nitrogen and oxygen atoms in total. The molecule has 0 aromatic heterocycles. The number of thiocarbonyl (C=S) groups is 1. The summed E-state index contributed by atoms with van der Waals surface area (Å²) >= 11 is 4.42. The lowest BCUT2D eigenvalue weighted by molar-refractivity contribution is -0.306. The third-order valence-electron chi connectivity index (χ3n) is 5.42. The fraction of sp³-hybridized carbons (Fsp3) is 0.160. The van der Waals surface area contributed by atoms with Crippen LogP contribution in [0.1, 0.15) is 18.9 Å². The molecule has 3 aromatic rings. The van der Waals surface area contributed by atoms with Gasteiger partial charge in [-0.05, 0) is 81.5 Å². The van der Waals surface area contributed by atoms with Crippen molar-refractivity contribution >= 4 is 39.4 Å². The van der Waals surface area contributed by atoms with E-state index in [1.54, 1.807) is 12.1 Å². The predicted octanol–water partition coefficient (Wildman–Crippen LogP) is 8.36. The molecule has 33 heavy (non-hydrogen) atoms. The number of hydrogen-bond donors (Lipinski definition) is 0. The van der Waals surface area contributed by atoms with Crippen LogP contribution in [0, 0.1) is 17.6 Å². The molecule has 1 aliphatic rings. The zero-order valence-electron chi connectivity index (χ0n) is 17.2. The summed E-state index contributed by atoms with van der Waals surface area (Å²) in [5, 5.41) is 3.69. The number of benzene rings is 3. The van der Waals surface area contributed by atoms with Gasteiger partial charge in [-0.25, -0.2) is 8.78 Å². The summed E-state index contributed by atoms with van der Waals surface area (Å²) in [5.74, 6) is -1.95. The highest BCUT2D eigenvalue weighted by Crippen LogP contribution is 2.37. The first-order valence-electron chi connectivity index (χ1n) is 9.92. The standard InChI is InChI=1S/C25H16F5NOS/c1-14-8-20(32-25(28,29)30)6-7-21(14)18-5-4-15-9-17(3-2-16(15)10-18)19-11-22(26)24(31-13-33)23(27)12-19/h2-7,9-12,14H,8H2,1H3. The van der Waals surface area contributed by atoms with E-state index in [-0.39, 0.29) is 18.1 Å². The van der Waals surface area contributed by atoms with Crippen molar-refractivity contribution in [2.75, 3.05) is 0 Å². The number of rotatable bonds is 4. The molecule has 4 rings (SSSR count). The number of isothiocyanates is 1. The Kier molecular flexibility index (Phi) is 6.15. The number of halogens is 5. The molecule has 0 N–H and O–H groups in total. The van der Waals surface area contributed by atoms with Crippen LogP contribution in [-0.4, -0.2) is 11.5 Å². The average molecular weight is 473 g/mol. The Bertz CT molecular complexity index is 1330. The molecule has 0 aliphatic heterocycles. The number of ether oxygens (including phenoxy) is 1. The lowest BCUT2D eigenvalue weighted by Crippen LogP contribution is -2.16. The molecular weight excluding hydrogens is 457 g/mol. The van der Waals surface area contributed by atoms with Crippen LogP contribution in [0.3, 0.4) is 0 Å². The molecule has 0 radical (unpaired) electrons. The van der Waals surface area contributed by atoms with E-state index in [1.165, 1.54) is 18.2 Å². The lowest BCUT2D eigenvalue weighted by atomic mass is 9.86. The van der Waals surface area contributed by atoms with Crippen LogP contribution in [0.25, 0.3) is 27.5 Å². The minimum absolute atomic E-state index is 0.119. The number of allylic oxidation sites excluding steroid dienone is 4. The maximum Gasteiger partial charge on any atom is 0.572 e. The fourth-order valence-electron chi connectivity index (χ4n) is 3.92. The average Bonchev–Trinajstić information content (AvgIpc) is 2.74. The van der Waals surface area contributed by atoms with Gasteiger partial charge >= 0.3 is 6.36 Å². The van der Waals surface area contributed by atoms with Crippen LogP contribution in [0.2, 0.25) is 0 Å². The van der Waals surface area contributed by atoms with Crippen molar-refractivity contribution in [3.63, 3.8) is 0 Å². The second-order valence-electron chi connectivity index (χ2n) is 7.68. The molecule has 1 unspecified atom stereocenters. The van der Waals surface area contributed by atoms with Crippen LogP contribution in [-0.2, 0) is 4.74 Å². The van der Waals surface area contributed by atoms with Crippen molar-refractivity contribution in [1.29, 1.82) is 0 Å². The van der Waals surface area contributed by atoms with Gasteiger partial charge in [-0.1, -0.05) is 37.3 Å². The first kappa shape index (κ1) is 22.8. The number of alkyl halides is 3. The summed E-state index contributed by atoms with van der Waals surface area (Å²) < 4.78 is 69.9. The summed E-state index contributed by atoms with van der Waals surface area (Å²) in [5.41, 5.74) is 2.27. The van der Waals surface area contributed by atoms with Crippen LogP contribution < -0.4 is 0 Å². The van der Waals surface area contributed by atoms with Gasteiger partial charge in [0.1, 0.15) is 11.4 Å². The fourth-order valence-corrected chi connectivity index (χ4v) is 4.01. The highest BCUT2D eigenvalue weighted by atomic mass is 32.1. The minimum Gasteiger partial charge on any atom is -0.410 e. The van der Waals surface area contributed by atoms with Gasteiger partial charge in [0.05, 0.1) is 5.16 Å². The SMILES string of the molecule is CC1CC(OC(F)(F)F)=CC=C1c1ccc2cc(-c3cc(F)c(N=C=S)c(F)c3)ccc2c1. The van der Waals surface area contributed by atoms with E-state index >= 15 is 0 Å². The summed E-state index contributed by atoms with van der Waals surface area (Å²) in [6, 6.07) is 13.4. The van der Waals surface area contributed by atoms with Gasteiger partial charge in [0.2, 0.25) is 0 Å². The molecule has 1 aliphatic carbocycles. The predicted molar refractivity (Wildman–Crippen MR) is 121 cm³/mol. The molecule has 0 saturated heterocycles. The quantitative estimate of drug-likeness (QED) is 0.216. The van der Waals surface area contributed by atoms with Gasteiger partial charge in [0, 0.05) is 6.42 Å². The molecule has 0 heterocycles. The number of hydrogen-bond acceptors (Lipinski definition) is 3. The lowest BCUT2D eigenvalue weighted by Gasteiger charge is -2.23. The Morgan fingerprint density at radius 1 is 0.909 bits per heavy atom. The first-order chi connectivity index (χ1) is 15.6. The van der Waals surface area contributed by atoms with Crippen molar-refractivity contribution in [1.82, 2.24) is 0 Å². The Hall–Kier alpha value is -3.35. The Labute approximate surface area is 191 Å².